The summed E-state index contributed by atoms with van der Waals surface area (Å²) in [5, 5.41) is 20.4. The number of likely N-dealkylation sites (N-methyl/N-ethyl adjacent to an activating group) is 1. The lowest BCUT2D eigenvalue weighted by Crippen LogP contribution is -2.48. The highest BCUT2D eigenvalue weighted by atomic mass is 32.1. The second-order valence-electron chi connectivity index (χ2n) is 8.38. The van der Waals surface area contributed by atoms with Gasteiger partial charge in [-0.3, -0.25) is 9.59 Å². The molecule has 1 aromatic carbocycles. The number of aryl methyl sites for hydroxylation is 1. The maximum Gasteiger partial charge on any atom is 0.323 e. The first-order valence-electron chi connectivity index (χ1n) is 10.9. The number of rotatable bonds is 6. The molecule has 0 spiro atoms. The van der Waals surface area contributed by atoms with Gasteiger partial charge in [-0.25, -0.2) is 9.48 Å². The maximum absolute atomic E-state index is 12.9. The second-order valence-corrected chi connectivity index (χ2v) is 9.41. The fourth-order valence-corrected chi connectivity index (χ4v) is 5.19. The van der Waals surface area contributed by atoms with Gasteiger partial charge < -0.3 is 20.6 Å². The SMILES string of the molecule is Cc1nn(-c2ccccc2)c2sc(C(=O)NC3CCC(NC(=O)N(C)CC(=O)O)CC3)cc12. The molecule has 1 aliphatic carbocycles. The van der Waals surface area contributed by atoms with Crippen LogP contribution in [-0.4, -0.2) is 63.4 Å². The predicted octanol–water partition coefficient (Wildman–Crippen LogP) is 3.16. The van der Waals surface area contributed by atoms with E-state index in [4.69, 9.17) is 5.11 Å². The molecule has 0 atom stereocenters. The van der Waals surface area contributed by atoms with Crippen molar-refractivity contribution in [3.63, 3.8) is 0 Å². The van der Waals surface area contributed by atoms with Gasteiger partial charge in [-0.1, -0.05) is 18.2 Å². The number of aromatic nitrogens is 2. The van der Waals surface area contributed by atoms with Crippen LogP contribution in [0.1, 0.15) is 41.0 Å². The van der Waals surface area contributed by atoms with E-state index in [1.54, 1.807) is 0 Å². The molecule has 33 heavy (non-hydrogen) atoms. The number of nitrogens with zero attached hydrogens (tertiary/aromatic N) is 3. The third-order valence-electron chi connectivity index (χ3n) is 5.88. The molecule has 0 aliphatic heterocycles. The van der Waals surface area contributed by atoms with Crippen molar-refractivity contribution < 1.29 is 19.5 Å². The van der Waals surface area contributed by atoms with E-state index in [0.29, 0.717) is 4.88 Å². The molecule has 3 amide bonds. The summed E-state index contributed by atoms with van der Waals surface area (Å²) in [7, 11) is 1.46. The molecule has 0 saturated heterocycles. The van der Waals surface area contributed by atoms with Crippen molar-refractivity contribution in [3.8, 4) is 5.69 Å². The van der Waals surface area contributed by atoms with Gasteiger partial charge in [0, 0.05) is 24.5 Å². The molecule has 10 heteroatoms. The van der Waals surface area contributed by atoms with Gasteiger partial charge in [0.25, 0.3) is 5.91 Å². The van der Waals surface area contributed by atoms with Crippen LogP contribution in [0.25, 0.3) is 15.9 Å². The Hall–Kier alpha value is -3.40. The molecule has 0 bridgehead atoms. The molecule has 0 unspecified atom stereocenters. The van der Waals surface area contributed by atoms with Crippen LogP contribution < -0.4 is 10.6 Å². The highest BCUT2D eigenvalue weighted by Crippen LogP contribution is 2.30. The van der Waals surface area contributed by atoms with E-state index in [0.717, 1.165) is 52.2 Å². The molecule has 1 fully saturated rings. The average Bonchev–Trinajstić information content (AvgIpc) is 3.36. The number of hydrogen-bond donors (Lipinski definition) is 3. The zero-order chi connectivity index (χ0) is 23.5. The summed E-state index contributed by atoms with van der Waals surface area (Å²) in [6.45, 7) is 1.60. The fourth-order valence-electron chi connectivity index (χ4n) is 4.10. The van der Waals surface area contributed by atoms with Gasteiger partial charge in [0.15, 0.2) is 0 Å². The highest BCUT2D eigenvalue weighted by molar-refractivity contribution is 7.20. The summed E-state index contributed by atoms with van der Waals surface area (Å²) in [6.07, 6.45) is 2.96. The Morgan fingerprint density at radius 2 is 1.76 bits per heavy atom. The van der Waals surface area contributed by atoms with E-state index in [9.17, 15) is 14.4 Å². The van der Waals surface area contributed by atoms with Gasteiger partial charge in [-0.2, -0.15) is 5.10 Å². The topological polar surface area (TPSA) is 117 Å². The van der Waals surface area contributed by atoms with Crippen LogP contribution in [0.3, 0.4) is 0 Å². The Kier molecular flexibility index (Phi) is 6.64. The minimum absolute atomic E-state index is 0.0225. The minimum atomic E-state index is -1.05. The molecular weight excluding hydrogens is 442 g/mol. The number of nitrogens with one attached hydrogen (secondary N) is 2. The number of thiophene rings is 1. The number of carbonyl (C=O) groups excluding carboxylic acids is 2. The molecule has 2 aromatic heterocycles. The number of hydrogen-bond acceptors (Lipinski definition) is 5. The number of benzene rings is 1. The Balaban J connectivity index is 1.35. The first-order chi connectivity index (χ1) is 15.8. The largest absolute Gasteiger partial charge is 0.480 e. The van der Waals surface area contributed by atoms with Crippen LogP contribution in [0.5, 0.6) is 0 Å². The first kappa shape index (κ1) is 22.8. The highest BCUT2D eigenvalue weighted by Gasteiger charge is 2.26. The first-order valence-corrected chi connectivity index (χ1v) is 11.7. The van der Waals surface area contributed by atoms with E-state index >= 15 is 0 Å². The number of carboxylic acids is 1. The average molecular weight is 470 g/mol. The number of para-hydroxylation sites is 1. The summed E-state index contributed by atoms with van der Waals surface area (Å²) >= 11 is 1.43. The number of fused-ring (bicyclic) bond motifs is 1. The van der Waals surface area contributed by atoms with Crippen LogP contribution in [0, 0.1) is 6.92 Å². The standard InChI is InChI=1S/C23H27N5O4S/c1-14-18-12-19(33-22(18)28(26-14)17-6-4-3-5-7-17)21(31)24-15-8-10-16(11-9-15)25-23(32)27(2)13-20(29)30/h3-7,12,15-16H,8-11,13H2,1-2H3,(H,24,31)(H,25,32)(H,29,30). The molecular formula is C23H27N5O4S. The van der Waals surface area contributed by atoms with E-state index in [1.165, 1.54) is 18.4 Å². The van der Waals surface area contributed by atoms with Gasteiger partial charge in [-0.05, 0) is 50.8 Å². The van der Waals surface area contributed by atoms with Gasteiger partial charge in [0.05, 0.1) is 16.3 Å². The van der Waals surface area contributed by atoms with Gasteiger partial charge in [0.1, 0.15) is 11.4 Å². The van der Waals surface area contributed by atoms with Crippen molar-refractivity contribution in [2.24, 2.45) is 0 Å². The Morgan fingerprint density at radius 1 is 1.12 bits per heavy atom. The summed E-state index contributed by atoms with van der Waals surface area (Å²) < 4.78 is 1.88. The quantitative estimate of drug-likeness (QED) is 0.513. The number of carbonyl (C=O) groups is 3. The number of urea groups is 1. The van der Waals surface area contributed by atoms with E-state index in [1.807, 2.05) is 48.0 Å². The van der Waals surface area contributed by atoms with Crippen LogP contribution >= 0.6 is 11.3 Å². The summed E-state index contributed by atoms with van der Waals surface area (Å²) in [5.74, 6) is -1.14. The van der Waals surface area contributed by atoms with Crippen LogP contribution in [-0.2, 0) is 4.79 Å². The van der Waals surface area contributed by atoms with Crippen molar-refractivity contribution in [1.82, 2.24) is 25.3 Å². The van der Waals surface area contributed by atoms with Gasteiger partial charge in [-0.15, -0.1) is 11.3 Å². The molecule has 3 aromatic rings. The predicted molar refractivity (Wildman–Crippen MR) is 126 cm³/mol. The normalized spacial score (nSPS) is 18.1. The van der Waals surface area contributed by atoms with E-state index in [2.05, 4.69) is 15.7 Å². The summed E-state index contributed by atoms with van der Waals surface area (Å²) in [5.41, 5.74) is 1.84. The Bertz CT molecular complexity index is 1160. The summed E-state index contributed by atoms with van der Waals surface area (Å²) in [4.78, 5) is 38.5. The Morgan fingerprint density at radius 3 is 2.39 bits per heavy atom. The van der Waals surface area contributed by atoms with Crippen LogP contribution in [0.2, 0.25) is 0 Å². The third kappa shape index (κ3) is 5.16. The summed E-state index contributed by atoms with van der Waals surface area (Å²) in [6, 6.07) is 11.4. The molecule has 4 rings (SSSR count). The number of carboxylic acid groups (broad SMARTS) is 1. The molecule has 1 aliphatic rings. The molecule has 0 radical (unpaired) electrons. The monoisotopic (exact) mass is 469 g/mol. The van der Waals surface area contributed by atoms with E-state index < -0.39 is 12.0 Å². The van der Waals surface area contributed by atoms with E-state index in [-0.39, 0.29) is 24.5 Å². The molecule has 174 valence electrons. The fraction of sp³-hybridized carbons (Fsp3) is 0.391. The zero-order valence-electron chi connectivity index (χ0n) is 18.6. The van der Waals surface area contributed by atoms with Gasteiger partial charge >= 0.3 is 12.0 Å². The van der Waals surface area contributed by atoms with Crippen molar-refractivity contribution in [2.75, 3.05) is 13.6 Å². The lowest BCUT2D eigenvalue weighted by molar-refractivity contribution is -0.137. The maximum atomic E-state index is 12.9. The van der Waals surface area contributed by atoms with Crippen molar-refractivity contribution in [1.29, 1.82) is 0 Å². The Labute approximate surface area is 195 Å². The van der Waals surface area contributed by atoms with Crippen molar-refractivity contribution in [2.45, 2.75) is 44.7 Å². The zero-order valence-corrected chi connectivity index (χ0v) is 19.4. The smallest absolute Gasteiger partial charge is 0.323 e. The van der Waals surface area contributed by atoms with Crippen molar-refractivity contribution in [3.05, 3.63) is 47.0 Å². The number of amides is 3. The molecule has 3 N–H and O–H groups in total. The second kappa shape index (κ2) is 9.62. The van der Waals surface area contributed by atoms with Crippen LogP contribution in [0.4, 0.5) is 4.79 Å². The third-order valence-corrected chi connectivity index (χ3v) is 6.99. The molecule has 2 heterocycles. The van der Waals surface area contributed by atoms with Gasteiger partial charge in [0.2, 0.25) is 0 Å². The number of aliphatic carboxylic acids is 1. The lowest BCUT2D eigenvalue weighted by atomic mass is 9.91. The lowest BCUT2D eigenvalue weighted by Gasteiger charge is -2.30. The van der Waals surface area contributed by atoms with Crippen molar-refractivity contribution >= 4 is 39.5 Å². The van der Waals surface area contributed by atoms with Crippen LogP contribution in [0.15, 0.2) is 36.4 Å². The molecule has 1 saturated carbocycles. The molecule has 9 nitrogen and oxygen atoms in total. The minimum Gasteiger partial charge on any atom is -0.480 e.